The van der Waals surface area contributed by atoms with Crippen molar-refractivity contribution in [3.05, 3.63) is 59.3 Å². The molecule has 1 fully saturated rings. The third kappa shape index (κ3) is 4.00. The molecule has 1 aromatic carbocycles. The topological polar surface area (TPSA) is 72.4 Å². The van der Waals surface area contributed by atoms with Gasteiger partial charge in [-0.3, -0.25) is 9.69 Å². The Morgan fingerprint density at radius 1 is 1.14 bits per heavy atom. The van der Waals surface area contributed by atoms with Gasteiger partial charge in [-0.2, -0.15) is 0 Å². The number of H-pyrrole nitrogens is 1. The maximum Gasteiger partial charge on any atom is 0.247 e. The number of ether oxygens (including phenoxy) is 2. The van der Waals surface area contributed by atoms with Gasteiger partial charge < -0.3 is 19.0 Å². The Hall–Kier alpha value is -2.90. The van der Waals surface area contributed by atoms with Crippen LogP contribution in [0.1, 0.15) is 0 Å². The van der Waals surface area contributed by atoms with E-state index in [2.05, 4.69) is 14.5 Å². The highest BCUT2D eigenvalue weighted by molar-refractivity contribution is 5.78. The van der Waals surface area contributed by atoms with E-state index in [-0.39, 0.29) is 5.56 Å². The van der Waals surface area contributed by atoms with Crippen LogP contribution in [0, 0.1) is 0 Å². The molecule has 7 heteroatoms. The predicted octanol–water partition coefficient (Wildman–Crippen LogP) is 2.25. The van der Waals surface area contributed by atoms with Crippen molar-refractivity contribution >= 4 is 0 Å². The molecule has 1 aliphatic rings. The SMILES string of the molecule is COc1cccc(-c2ncn(CCN3CCOCC3)c2-c2ccc(=O)[nH]c2)c1. The van der Waals surface area contributed by atoms with Gasteiger partial charge in [0.15, 0.2) is 0 Å². The maximum atomic E-state index is 11.5. The van der Waals surface area contributed by atoms with Crippen LogP contribution < -0.4 is 10.3 Å². The predicted molar refractivity (Wildman–Crippen MR) is 108 cm³/mol. The number of imidazole rings is 1. The van der Waals surface area contributed by atoms with Gasteiger partial charge in [-0.15, -0.1) is 0 Å². The summed E-state index contributed by atoms with van der Waals surface area (Å²) >= 11 is 0. The van der Waals surface area contributed by atoms with Crippen LogP contribution >= 0.6 is 0 Å². The lowest BCUT2D eigenvalue weighted by Crippen LogP contribution is -2.38. The minimum absolute atomic E-state index is 0.119. The molecule has 28 heavy (non-hydrogen) atoms. The molecule has 1 aliphatic heterocycles. The second-order valence-corrected chi connectivity index (χ2v) is 6.76. The Bertz CT molecular complexity index is 969. The first-order chi connectivity index (χ1) is 13.7. The fraction of sp³-hybridized carbons (Fsp3) is 0.333. The third-order valence-electron chi connectivity index (χ3n) is 5.00. The second-order valence-electron chi connectivity index (χ2n) is 6.76. The van der Waals surface area contributed by atoms with Gasteiger partial charge in [0.05, 0.1) is 38.0 Å². The number of nitrogens with one attached hydrogen (secondary N) is 1. The highest BCUT2D eigenvalue weighted by Crippen LogP contribution is 2.32. The molecule has 7 nitrogen and oxygen atoms in total. The summed E-state index contributed by atoms with van der Waals surface area (Å²) < 4.78 is 13.0. The Morgan fingerprint density at radius 2 is 2.00 bits per heavy atom. The number of hydrogen-bond acceptors (Lipinski definition) is 5. The molecule has 1 N–H and O–H groups in total. The van der Waals surface area contributed by atoms with E-state index in [0.717, 1.165) is 67.7 Å². The molecule has 0 saturated carbocycles. The van der Waals surface area contributed by atoms with Crippen molar-refractivity contribution in [1.82, 2.24) is 19.4 Å². The van der Waals surface area contributed by atoms with E-state index >= 15 is 0 Å². The van der Waals surface area contributed by atoms with Crippen molar-refractivity contribution in [2.45, 2.75) is 6.54 Å². The van der Waals surface area contributed by atoms with E-state index in [1.807, 2.05) is 36.7 Å². The fourth-order valence-electron chi connectivity index (χ4n) is 3.47. The lowest BCUT2D eigenvalue weighted by atomic mass is 10.1. The van der Waals surface area contributed by atoms with Crippen LogP contribution in [0.25, 0.3) is 22.5 Å². The molecule has 0 amide bonds. The lowest BCUT2D eigenvalue weighted by Gasteiger charge is -2.26. The summed E-state index contributed by atoms with van der Waals surface area (Å²) in [6.45, 7) is 5.20. The van der Waals surface area contributed by atoms with Crippen molar-refractivity contribution in [3.8, 4) is 28.3 Å². The highest BCUT2D eigenvalue weighted by atomic mass is 16.5. The first kappa shape index (κ1) is 18.5. The second kappa shape index (κ2) is 8.41. The molecular formula is C21H24N4O3. The van der Waals surface area contributed by atoms with E-state index in [0.29, 0.717) is 0 Å². The summed E-state index contributed by atoms with van der Waals surface area (Å²) in [5.41, 5.74) is 3.64. The third-order valence-corrected chi connectivity index (χ3v) is 5.00. The largest absolute Gasteiger partial charge is 0.497 e. The first-order valence-corrected chi connectivity index (χ1v) is 9.43. The van der Waals surface area contributed by atoms with E-state index in [1.165, 1.54) is 0 Å². The molecule has 0 spiro atoms. The van der Waals surface area contributed by atoms with Crippen LogP contribution in [-0.2, 0) is 11.3 Å². The quantitative estimate of drug-likeness (QED) is 0.710. The maximum absolute atomic E-state index is 11.5. The van der Waals surface area contributed by atoms with Gasteiger partial charge in [0.25, 0.3) is 0 Å². The minimum Gasteiger partial charge on any atom is -0.497 e. The summed E-state index contributed by atoms with van der Waals surface area (Å²) in [4.78, 5) is 21.4. The Kier molecular flexibility index (Phi) is 5.55. The van der Waals surface area contributed by atoms with Gasteiger partial charge >= 0.3 is 0 Å². The van der Waals surface area contributed by atoms with E-state index in [4.69, 9.17) is 14.5 Å². The van der Waals surface area contributed by atoms with Gasteiger partial charge in [-0.1, -0.05) is 12.1 Å². The standard InChI is InChI=1S/C21H24N4O3/c1-27-18-4-2-3-16(13-18)20-21(17-5-6-19(26)22-14-17)25(15-23-20)8-7-24-9-11-28-12-10-24/h2-6,13-15H,7-12H2,1H3,(H,22,26). The molecule has 3 heterocycles. The van der Waals surface area contributed by atoms with Crippen molar-refractivity contribution in [2.75, 3.05) is 40.0 Å². The Morgan fingerprint density at radius 3 is 2.75 bits per heavy atom. The number of rotatable bonds is 6. The van der Waals surface area contributed by atoms with E-state index in [1.54, 1.807) is 19.4 Å². The van der Waals surface area contributed by atoms with Crippen LogP contribution in [-0.4, -0.2) is 59.4 Å². The molecule has 2 aromatic heterocycles. The normalized spacial score (nSPS) is 14.9. The summed E-state index contributed by atoms with van der Waals surface area (Å²) in [6.07, 6.45) is 3.62. The van der Waals surface area contributed by atoms with Crippen LogP contribution in [0.5, 0.6) is 5.75 Å². The van der Waals surface area contributed by atoms with Crippen LogP contribution in [0.4, 0.5) is 0 Å². The average Bonchev–Trinajstić information content (AvgIpc) is 3.17. The number of benzene rings is 1. The van der Waals surface area contributed by atoms with Crippen molar-refractivity contribution in [3.63, 3.8) is 0 Å². The zero-order valence-corrected chi connectivity index (χ0v) is 15.9. The monoisotopic (exact) mass is 380 g/mol. The van der Waals surface area contributed by atoms with Gasteiger partial charge in [-0.25, -0.2) is 4.98 Å². The van der Waals surface area contributed by atoms with Crippen molar-refractivity contribution < 1.29 is 9.47 Å². The Labute approximate surface area is 163 Å². The van der Waals surface area contributed by atoms with Gasteiger partial charge in [0.2, 0.25) is 5.56 Å². The molecule has 146 valence electrons. The van der Waals surface area contributed by atoms with E-state index < -0.39 is 0 Å². The molecule has 0 aliphatic carbocycles. The molecule has 4 rings (SSSR count). The van der Waals surface area contributed by atoms with Gasteiger partial charge in [0.1, 0.15) is 5.75 Å². The highest BCUT2D eigenvalue weighted by Gasteiger charge is 2.17. The molecule has 1 saturated heterocycles. The fourth-order valence-corrected chi connectivity index (χ4v) is 3.47. The zero-order chi connectivity index (χ0) is 19.3. The first-order valence-electron chi connectivity index (χ1n) is 9.43. The number of morpholine rings is 1. The molecule has 0 unspecified atom stereocenters. The molecule has 0 atom stereocenters. The smallest absolute Gasteiger partial charge is 0.247 e. The van der Waals surface area contributed by atoms with Crippen LogP contribution in [0.3, 0.4) is 0 Å². The number of pyridine rings is 1. The summed E-state index contributed by atoms with van der Waals surface area (Å²) in [7, 11) is 1.66. The van der Waals surface area contributed by atoms with Crippen LogP contribution in [0.2, 0.25) is 0 Å². The van der Waals surface area contributed by atoms with Crippen LogP contribution in [0.15, 0.2) is 53.7 Å². The van der Waals surface area contributed by atoms with Gasteiger partial charge in [0, 0.05) is 49.6 Å². The number of hydrogen-bond donors (Lipinski definition) is 1. The summed E-state index contributed by atoms with van der Waals surface area (Å²) in [5, 5.41) is 0. The molecule has 0 radical (unpaired) electrons. The van der Waals surface area contributed by atoms with Crippen molar-refractivity contribution in [1.29, 1.82) is 0 Å². The Balaban J connectivity index is 1.70. The average molecular weight is 380 g/mol. The molecule has 3 aromatic rings. The van der Waals surface area contributed by atoms with Crippen molar-refractivity contribution in [2.24, 2.45) is 0 Å². The minimum atomic E-state index is -0.119. The zero-order valence-electron chi connectivity index (χ0n) is 15.9. The summed E-state index contributed by atoms with van der Waals surface area (Å²) in [5.74, 6) is 0.785. The lowest BCUT2D eigenvalue weighted by molar-refractivity contribution is 0.0364. The van der Waals surface area contributed by atoms with E-state index in [9.17, 15) is 4.79 Å². The summed E-state index contributed by atoms with van der Waals surface area (Å²) in [6, 6.07) is 11.3. The number of aromatic amines is 1. The van der Waals surface area contributed by atoms with Gasteiger partial charge in [-0.05, 0) is 18.2 Å². The number of nitrogens with zero attached hydrogens (tertiary/aromatic N) is 3. The number of aromatic nitrogens is 3. The molecule has 0 bridgehead atoms. The molecular weight excluding hydrogens is 356 g/mol. The number of methoxy groups -OCH3 is 1.